The standard InChI is InChI=1S/C17H15F3N4O/c1-9-4-11(17(18,19)20)5-14(25)15(9)13-3-2-10-8-24(12-6-21-7-12)23-16(10)22-13/h2-5,8,12,21,25H,6-7H2,1H3. The number of alkyl halides is 3. The number of hydrogen-bond acceptors (Lipinski definition) is 4. The van der Waals surface area contributed by atoms with Crippen LogP contribution in [0, 0.1) is 6.92 Å². The molecule has 8 heteroatoms. The molecule has 130 valence electrons. The van der Waals surface area contributed by atoms with Gasteiger partial charge in [-0.15, -0.1) is 0 Å². The molecular weight excluding hydrogens is 333 g/mol. The van der Waals surface area contributed by atoms with Gasteiger partial charge < -0.3 is 10.4 Å². The Morgan fingerprint density at radius 3 is 2.60 bits per heavy atom. The average Bonchev–Trinajstić information content (AvgIpc) is 2.86. The summed E-state index contributed by atoms with van der Waals surface area (Å²) in [6.07, 6.45) is -2.61. The lowest BCUT2D eigenvalue weighted by Gasteiger charge is -2.26. The van der Waals surface area contributed by atoms with E-state index in [4.69, 9.17) is 0 Å². The number of pyridine rings is 1. The lowest BCUT2D eigenvalue weighted by atomic mass is 10.00. The van der Waals surface area contributed by atoms with Crippen LogP contribution in [-0.2, 0) is 6.18 Å². The van der Waals surface area contributed by atoms with Crippen LogP contribution in [0.3, 0.4) is 0 Å². The van der Waals surface area contributed by atoms with Gasteiger partial charge in [-0.05, 0) is 36.8 Å². The molecule has 1 aliphatic heterocycles. The van der Waals surface area contributed by atoms with Crippen molar-refractivity contribution in [3.05, 3.63) is 41.6 Å². The van der Waals surface area contributed by atoms with E-state index in [0.717, 1.165) is 30.6 Å². The predicted molar refractivity (Wildman–Crippen MR) is 86.3 cm³/mol. The van der Waals surface area contributed by atoms with Crippen LogP contribution in [0.1, 0.15) is 17.2 Å². The van der Waals surface area contributed by atoms with Crippen molar-refractivity contribution in [1.82, 2.24) is 20.1 Å². The van der Waals surface area contributed by atoms with Crippen LogP contribution in [-0.4, -0.2) is 33.0 Å². The molecule has 5 nitrogen and oxygen atoms in total. The molecule has 1 saturated heterocycles. The first-order valence-corrected chi connectivity index (χ1v) is 7.81. The first kappa shape index (κ1) is 15.9. The van der Waals surface area contributed by atoms with Crippen LogP contribution in [0.4, 0.5) is 13.2 Å². The summed E-state index contributed by atoms with van der Waals surface area (Å²) in [5.74, 6) is -0.443. The highest BCUT2D eigenvalue weighted by Crippen LogP contribution is 2.38. The Morgan fingerprint density at radius 1 is 1.24 bits per heavy atom. The quantitative estimate of drug-likeness (QED) is 0.746. The van der Waals surface area contributed by atoms with Crippen molar-refractivity contribution < 1.29 is 18.3 Å². The largest absolute Gasteiger partial charge is 0.507 e. The molecule has 0 radical (unpaired) electrons. The molecule has 2 N–H and O–H groups in total. The Kier molecular flexibility index (Phi) is 3.47. The summed E-state index contributed by atoms with van der Waals surface area (Å²) in [5.41, 5.74) is 0.613. The Bertz CT molecular complexity index is 937. The van der Waals surface area contributed by atoms with Gasteiger partial charge in [0.1, 0.15) is 5.75 Å². The number of nitrogens with zero attached hydrogens (tertiary/aromatic N) is 3. The number of nitrogens with one attached hydrogen (secondary N) is 1. The first-order valence-electron chi connectivity index (χ1n) is 7.81. The second-order valence-electron chi connectivity index (χ2n) is 6.22. The number of aromatic hydroxyl groups is 1. The number of aromatic nitrogens is 3. The molecule has 3 aromatic rings. The fourth-order valence-corrected chi connectivity index (χ4v) is 2.97. The highest BCUT2D eigenvalue weighted by molar-refractivity contribution is 5.80. The second kappa shape index (κ2) is 5.45. The number of phenols is 1. The zero-order valence-corrected chi connectivity index (χ0v) is 13.3. The zero-order chi connectivity index (χ0) is 17.8. The number of halogens is 3. The molecule has 25 heavy (non-hydrogen) atoms. The van der Waals surface area contributed by atoms with E-state index in [-0.39, 0.29) is 5.56 Å². The van der Waals surface area contributed by atoms with Crippen molar-refractivity contribution in [3.63, 3.8) is 0 Å². The molecule has 0 atom stereocenters. The Hall–Kier alpha value is -2.61. The topological polar surface area (TPSA) is 63.0 Å². The number of hydrogen-bond donors (Lipinski definition) is 2. The highest BCUT2D eigenvalue weighted by Gasteiger charge is 2.32. The summed E-state index contributed by atoms with van der Waals surface area (Å²) in [6.45, 7) is 3.22. The number of rotatable bonds is 2. The van der Waals surface area contributed by atoms with Crippen molar-refractivity contribution >= 4 is 11.0 Å². The third-order valence-electron chi connectivity index (χ3n) is 4.42. The van der Waals surface area contributed by atoms with Gasteiger partial charge in [0.2, 0.25) is 0 Å². The summed E-state index contributed by atoms with van der Waals surface area (Å²) >= 11 is 0. The van der Waals surface area contributed by atoms with E-state index in [9.17, 15) is 18.3 Å². The van der Waals surface area contributed by atoms with Crippen molar-refractivity contribution in [2.75, 3.05) is 13.1 Å². The monoisotopic (exact) mass is 348 g/mol. The summed E-state index contributed by atoms with van der Waals surface area (Å²) in [6, 6.07) is 5.53. The van der Waals surface area contributed by atoms with Crippen LogP contribution in [0.15, 0.2) is 30.5 Å². The number of aryl methyl sites for hydroxylation is 1. The molecule has 0 unspecified atom stereocenters. The fraction of sp³-hybridized carbons (Fsp3) is 0.294. The minimum absolute atomic E-state index is 0.287. The summed E-state index contributed by atoms with van der Waals surface area (Å²) in [4.78, 5) is 4.43. The maximum atomic E-state index is 12.9. The molecule has 0 aliphatic carbocycles. The smallest absolute Gasteiger partial charge is 0.416 e. The maximum absolute atomic E-state index is 12.9. The average molecular weight is 348 g/mol. The zero-order valence-electron chi connectivity index (χ0n) is 13.3. The summed E-state index contributed by atoms with van der Waals surface area (Å²) in [5, 5.41) is 18.6. The lowest BCUT2D eigenvalue weighted by molar-refractivity contribution is -0.137. The lowest BCUT2D eigenvalue weighted by Crippen LogP contribution is -2.43. The van der Waals surface area contributed by atoms with Crippen molar-refractivity contribution in [2.24, 2.45) is 0 Å². The molecule has 3 heterocycles. The van der Waals surface area contributed by atoms with Crippen molar-refractivity contribution in [2.45, 2.75) is 19.1 Å². The third kappa shape index (κ3) is 2.72. The Morgan fingerprint density at radius 2 is 2.00 bits per heavy atom. The number of benzene rings is 1. The molecule has 0 bridgehead atoms. The van der Waals surface area contributed by atoms with E-state index in [1.165, 1.54) is 6.92 Å². The van der Waals surface area contributed by atoms with Crippen molar-refractivity contribution in [1.29, 1.82) is 0 Å². The molecule has 4 rings (SSSR count). The predicted octanol–water partition coefficient (Wildman–Crippen LogP) is 3.28. The van der Waals surface area contributed by atoms with E-state index in [2.05, 4.69) is 15.4 Å². The normalized spacial score (nSPS) is 15.5. The molecule has 0 saturated carbocycles. The SMILES string of the molecule is Cc1cc(C(F)(F)F)cc(O)c1-c1ccc2cn(C3CNC3)nc2n1. The minimum Gasteiger partial charge on any atom is -0.507 e. The Balaban J connectivity index is 1.78. The molecule has 1 fully saturated rings. The van der Waals surface area contributed by atoms with Gasteiger partial charge in [0.25, 0.3) is 0 Å². The van der Waals surface area contributed by atoms with Gasteiger partial charge in [-0.25, -0.2) is 4.98 Å². The molecule has 1 aromatic carbocycles. The van der Waals surface area contributed by atoms with E-state index in [0.29, 0.717) is 22.9 Å². The van der Waals surface area contributed by atoms with Crippen LogP contribution in [0.2, 0.25) is 0 Å². The van der Waals surface area contributed by atoms with Gasteiger partial charge in [0.15, 0.2) is 5.65 Å². The van der Waals surface area contributed by atoms with Crippen LogP contribution >= 0.6 is 0 Å². The summed E-state index contributed by atoms with van der Waals surface area (Å²) < 4.78 is 40.4. The second-order valence-corrected chi connectivity index (χ2v) is 6.22. The van der Waals surface area contributed by atoms with Crippen LogP contribution in [0.25, 0.3) is 22.3 Å². The van der Waals surface area contributed by atoms with Crippen LogP contribution in [0.5, 0.6) is 5.75 Å². The third-order valence-corrected chi connectivity index (χ3v) is 4.42. The van der Waals surface area contributed by atoms with Gasteiger partial charge >= 0.3 is 6.18 Å². The van der Waals surface area contributed by atoms with E-state index in [1.807, 2.05) is 16.9 Å². The molecule has 1 aliphatic rings. The van der Waals surface area contributed by atoms with Gasteiger partial charge in [-0.3, -0.25) is 4.68 Å². The summed E-state index contributed by atoms with van der Waals surface area (Å²) in [7, 11) is 0. The Labute approximate surface area is 141 Å². The van der Waals surface area contributed by atoms with E-state index in [1.54, 1.807) is 6.07 Å². The van der Waals surface area contributed by atoms with Gasteiger partial charge in [0, 0.05) is 30.2 Å². The van der Waals surface area contributed by atoms with Gasteiger partial charge in [-0.2, -0.15) is 18.3 Å². The van der Waals surface area contributed by atoms with Gasteiger partial charge in [0.05, 0.1) is 17.3 Å². The highest BCUT2D eigenvalue weighted by atomic mass is 19.4. The molecule has 0 spiro atoms. The number of phenolic OH excluding ortho intramolecular Hbond substituents is 1. The van der Waals surface area contributed by atoms with E-state index >= 15 is 0 Å². The van der Waals surface area contributed by atoms with Gasteiger partial charge in [-0.1, -0.05) is 0 Å². The number of fused-ring (bicyclic) bond motifs is 1. The molecule has 0 amide bonds. The van der Waals surface area contributed by atoms with Crippen molar-refractivity contribution in [3.8, 4) is 17.0 Å². The van der Waals surface area contributed by atoms with E-state index < -0.39 is 17.5 Å². The molecular formula is C17H15F3N4O. The fourth-order valence-electron chi connectivity index (χ4n) is 2.97. The maximum Gasteiger partial charge on any atom is 0.416 e. The van der Waals surface area contributed by atoms with Crippen LogP contribution < -0.4 is 5.32 Å². The minimum atomic E-state index is -4.51. The first-order chi connectivity index (χ1) is 11.8. The molecule has 2 aromatic heterocycles.